The van der Waals surface area contributed by atoms with Crippen molar-refractivity contribution < 1.29 is 19.1 Å². The molecular weight excluding hydrogens is 359 g/mol. The van der Waals surface area contributed by atoms with Gasteiger partial charge in [0.1, 0.15) is 5.82 Å². The number of aliphatic hydroxyl groups is 1. The molecule has 1 aliphatic heterocycles. The molecule has 0 fully saturated rings. The molecule has 0 saturated heterocycles. The molecule has 0 aromatic heterocycles. The lowest BCUT2D eigenvalue weighted by molar-refractivity contribution is -0.123. The van der Waals surface area contributed by atoms with E-state index in [-0.39, 0.29) is 11.1 Å². The first-order valence-corrected chi connectivity index (χ1v) is 8.73. The van der Waals surface area contributed by atoms with Crippen LogP contribution in [-0.2, 0) is 9.59 Å². The molecule has 2 aromatic rings. The quantitative estimate of drug-likeness (QED) is 0.867. The van der Waals surface area contributed by atoms with Gasteiger partial charge in [0.25, 0.3) is 5.91 Å². The minimum atomic E-state index is -1.10. The Morgan fingerprint density at radius 3 is 2.29 bits per heavy atom. The van der Waals surface area contributed by atoms with Gasteiger partial charge in [-0.1, -0.05) is 39.0 Å². The van der Waals surface area contributed by atoms with E-state index in [0.717, 1.165) is 0 Å². The Morgan fingerprint density at radius 1 is 1.14 bits per heavy atom. The fourth-order valence-electron chi connectivity index (χ4n) is 3.20. The van der Waals surface area contributed by atoms with Crippen molar-refractivity contribution in [1.82, 2.24) is 0 Å². The number of carbonyl (C=O) groups is 2. The van der Waals surface area contributed by atoms with E-state index in [1.54, 1.807) is 26.8 Å². The Morgan fingerprint density at radius 2 is 1.75 bits per heavy atom. The van der Waals surface area contributed by atoms with Crippen molar-refractivity contribution in [2.45, 2.75) is 26.8 Å². The zero-order valence-corrected chi connectivity index (χ0v) is 15.7. The summed E-state index contributed by atoms with van der Waals surface area (Å²) in [5.74, 6) is -2.50. The minimum absolute atomic E-state index is 0.108. The number of carbonyl (C=O) groups excluding carboxylic acids is 2. The molecule has 1 N–H and O–H groups in total. The lowest BCUT2D eigenvalue weighted by atomic mass is 9.82. The highest BCUT2D eigenvalue weighted by atomic mass is 19.1. The molecule has 1 heterocycles. The van der Waals surface area contributed by atoms with Gasteiger partial charge in [-0.2, -0.15) is 5.26 Å². The van der Waals surface area contributed by atoms with Crippen molar-refractivity contribution in [1.29, 1.82) is 5.26 Å². The predicted molar refractivity (Wildman–Crippen MR) is 102 cm³/mol. The van der Waals surface area contributed by atoms with E-state index in [9.17, 15) is 19.1 Å². The Balaban J connectivity index is 2.22. The fourth-order valence-corrected chi connectivity index (χ4v) is 3.20. The number of nitriles is 1. The Labute approximate surface area is 162 Å². The lowest BCUT2D eigenvalue weighted by Gasteiger charge is -2.29. The molecule has 2 aromatic carbocycles. The topological polar surface area (TPSA) is 81.4 Å². The number of amides is 1. The highest BCUT2D eigenvalue weighted by Crippen LogP contribution is 2.43. The summed E-state index contributed by atoms with van der Waals surface area (Å²) in [4.78, 5) is 27.1. The van der Waals surface area contributed by atoms with E-state index in [0.29, 0.717) is 11.3 Å². The zero-order valence-electron chi connectivity index (χ0n) is 15.7. The number of rotatable bonds is 3. The molecule has 5 nitrogen and oxygen atoms in total. The second kappa shape index (κ2) is 6.93. The van der Waals surface area contributed by atoms with Gasteiger partial charge < -0.3 is 5.11 Å². The SMILES string of the molecule is CC(C)(C)C(=O)C1=C(O)C(=O)N(c2ccc(C#N)cc2)C1c1ccccc1F. The number of Topliss-reactive ketones (excluding diaryl/α,β-unsaturated/α-hetero) is 1. The largest absolute Gasteiger partial charge is 0.503 e. The third-order valence-corrected chi connectivity index (χ3v) is 4.61. The normalized spacial score (nSPS) is 17.0. The van der Waals surface area contributed by atoms with Crippen molar-refractivity contribution in [3.8, 4) is 6.07 Å². The first kappa shape index (κ1) is 19.3. The molecule has 6 heteroatoms. The molecular formula is C22H19FN2O3. The Bertz CT molecular complexity index is 1030. The summed E-state index contributed by atoms with van der Waals surface area (Å²) in [6.07, 6.45) is 0. The highest BCUT2D eigenvalue weighted by molar-refractivity contribution is 6.17. The maximum Gasteiger partial charge on any atom is 0.294 e. The van der Waals surface area contributed by atoms with E-state index < -0.39 is 34.7 Å². The van der Waals surface area contributed by atoms with Crippen LogP contribution in [-0.4, -0.2) is 16.8 Å². The van der Waals surface area contributed by atoms with Crippen LogP contribution in [0, 0.1) is 22.6 Å². The molecule has 1 unspecified atom stereocenters. The molecule has 1 aliphatic rings. The van der Waals surface area contributed by atoms with Crippen LogP contribution in [0.15, 0.2) is 59.9 Å². The average molecular weight is 378 g/mol. The molecule has 0 radical (unpaired) electrons. The number of ketones is 1. The molecule has 28 heavy (non-hydrogen) atoms. The van der Waals surface area contributed by atoms with E-state index >= 15 is 0 Å². The zero-order chi connectivity index (χ0) is 20.6. The Kier molecular flexibility index (Phi) is 4.78. The number of aliphatic hydroxyl groups excluding tert-OH is 1. The highest BCUT2D eigenvalue weighted by Gasteiger charge is 2.47. The molecule has 3 rings (SSSR count). The van der Waals surface area contributed by atoms with Crippen molar-refractivity contribution in [3.05, 3.63) is 76.8 Å². The molecule has 0 bridgehead atoms. The monoisotopic (exact) mass is 378 g/mol. The number of anilines is 1. The summed E-state index contributed by atoms with van der Waals surface area (Å²) in [6, 6.07) is 12.8. The first-order chi connectivity index (χ1) is 13.2. The second-order valence-electron chi connectivity index (χ2n) is 7.60. The van der Waals surface area contributed by atoms with Crippen molar-refractivity contribution >= 4 is 17.4 Å². The molecule has 0 spiro atoms. The maximum atomic E-state index is 14.6. The van der Waals surface area contributed by atoms with E-state index in [1.165, 1.54) is 47.4 Å². The van der Waals surface area contributed by atoms with Crippen molar-refractivity contribution in [2.75, 3.05) is 4.90 Å². The molecule has 1 amide bonds. The van der Waals surface area contributed by atoms with Crippen LogP contribution in [0.3, 0.4) is 0 Å². The van der Waals surface area contributed by atoms with Gasteiger partial charge in [-0.05, 0) is 30.3 Å². The van der Waals surface area contributed by atoms with Crippen LogP contribution in [0.1, 0.15) is 37.9 Å². The summed E-state index contributed by atoms with van der Waals surface area (Å²) >= 11 is 0. The van der Waals surface area contributed by atoms with Gasteiger partial charge in [0.05, 0.1) is 23.2 Å². The van der Waals surface area contributed by atoms with Gasteiger partial charge in [-0.25, -0.2) is 4.39 Å². The van der Waals surface area contributed by atoms with Crippen molar-refractivity contribution in [2.24, 2.45) is 5.41 Å². The van der Waals surface area contributed by atoms with Crippen molar-refractivity contribution in [3.63, 3.8) is 0 Å². The summed E-state index contributed by atoms with van der Waals surface area (Å²) in [7, 11) is 0. The van der Waals surface area contributed by atoms with Crippen LogP contribution < -0.4 is 4.90 Å². The van der Waals surface area contributed by atoms with E-state index in [4.69, 9.17) is 5.26 Å². The first-order valence-electron chi connectivity index (χ1n) is 8.73. The summed E-state index contributed by atoms with van der Waals surface area (Å²) in [5, 5.41) is 19.5. The number of hydrogen-bond donors (Lipinski definition) is 1. The smallest absolute Gasteiger partial charge is 0.294 e. The van der Waals surface area contributed by atoms with Gasteiger partial charge in [0.15, 0.2) is 11.5 Å². The average Bonchev–Trinajstić information content (AvgIpc) is 2.92. The maximum absolute atomic E-state index is 14.6. The molecule has 0 saturated carbocycles. The molecule has 0 aliphatic carbocycles. The van der Waals surface area contributed by atoms with Crippen LogP contribution in [0.2, 0.25) is 0 Å². The lowest BCUT2D eigenvalue weighted by Crippen LogP contribution is -2.33. The number of benzene rings is 2. The van der Waals surface area contributed by atoms with Crippen LogP contribution >= 0.6 is 0 Å². The summed E-state index contributed by atoms with van der Waals surface area (Å²) in [6.45, 7) is 5.01. The van der Waals surface area contributed by atoms with Crippen LogP contribution in [0.4, 0.5) is 10.1 Å². The van der Waals surface area contributed by atoms with Gasteiger partial charge >= 0.3 is 0 Å². The van der Waals surface area contributed by atoms with Gasteiger partial charge in [-0.15, -0.1) is 0 Å². The van der Waals surface area contributed by atoms with Crippen LogP contribution in [0.25, 0.3) is 0 Å². The number of halogens is 1. The molecule has 1 atom stereocenters. The van der Waals surface area contributed by atoms with E-state index in [2.05, 4.69) is 0 Å². The van der Waals surface area contributed by atoms with Gasteiger partial charge in [-0.3, -0.25) is 14.5 Å². The minimum Gasteiger partial charge on any atom is -0.503 e. The number of nitrogens with zero attached hydrogens (tertiary/aromatic N) is 2. The number of hydrogen-bond acceptors (Lipinski definition) is 4. The standard InChI is InChI=1S/C22H19FN2O3/c1-22(2,3)20(27)17-18(15-6-4-5-7-16(15)23)25(21(28)19(17)26)14-10-8-13(12-24)9-11-14/h4-11,18,26H,1-3H3. The second-order valence-corrected chi connectivity index (χ2v) is 7.60. The molecule has 142 valence electrons. The summed E-state index contributed by atoms with van der Waals surface area (Å²) < 4.78 is 14.6. The fraction of sp³-hybridized carbons (Fsp3) is 0.227. The van der Waals surface area contributed by atoms with Gasteiger partial charge in [0.2, 0.25) is 0 Å². The Hall–Kier alpha value is -3.46. The third-order valence-electron chi connectivity index (χ3n) is 4.61. The van der Waals surface area contributed by atoms with Gasteiger partial charge in [0, 0.05) is 16.7 Å². The predicted octanol–water partition coefficient (Wildman–Crippen LogP) is 4.21. The third kappa shape index (κ3) is 3.16. The van der Waals surface area contributed by atoms with Crippen LogP contribution in [0.5, 0.6) is 0 Å². The van der Waals surface area contributed by atoms with E-state index in [1.807, 2.05) is 6.07 Å². The summed E-state index contributed by atoms with van der Waals surface area (Å²) in [5.41, 5.74) is -0.168.